The van der Waals surface area contributed by atoms with Crippen LogP contribution in [0.15, 0.2) is 22.7 Å². The van der Waals surface area contributed by atoms with Crippen molar-refractivity contribution in [1.29, 1.82) is 0 Å². The third kappa shape index (κ3) is 1.80. The average Bonchev–Trinajstić information content (AvgIpc) is 2.30. The highest BCUT2D eigenvalue weighted by atomic mass is 79.9. The van der Waals surface area contributed by atoms with Gasteiger partial charge in [-0.05, 0) is 34.0 Å². The Bertz CT molecular complexity index is 312. The molecule has 0 aliphatic carbocycles. The summed E-state index contributed by atoms with van der Waals surface area (Å²) in [5.74, 6) is 0.666. The quantitative estimate of drug-likeness (QED) is 0.729. The second kappa shape index (κ2) is 3.58. The van der Waals surface area contributed by atoms with Gasteiger partial charge in [-0.25, -0.2) is 0 Å². The van der Waals surface area contributed by atoms with Gasteiger partial charge >= 0.3 is 0 Å². The molecule has 0 aromatic heterocycles. The van der Waals surface area contributed by atoms with Gasteiger partial charge < -0.3 is 10.6 Å². The van der Waals surface area contributed by atoms with Gasteiger partial charge in [0, 0.05) is 17.6 Å². The Morgan fingerprint density at radius 3 is 2.92 bits per heavy atom. The van der Waals surface area contributed by atoms with Gasteiger partial charge in [-0.15, -0.1) is 0 Å². The fraction of sp³-hybridized carbons (Fsp3) is 0.400. The number of benzene rings is 1. The molecular weight excluding hydrogens is 228 g/mol. The normalized spacial score (nSPS) is 20.9. The maximum atomic E-state index is 3.53. The summed E-state index contributed by atoms with van der Waals surface area (Å²) in [6, 6.07) is 6.21. The summed E-state index contributed by atoms with van der Waals surface area (Å²) in [7, 11) is 0. The molecular formula is C10H13BrN2. The first-order valence-corrected chi connectivity index (χ1v) is 5.33. The van der Waals surface area contributed by atoms with Crippen molar-refractivity contribution < 1.29 is 0 Å². The smallest absolute Gasteiger partial charge is 0.0720 e. The van der Waals surface area contributed by atoms with Crippen molar-refractivity contribution >= 4 is 27.3 Å². The van der Waals surface area contributed by atoms with Crippen LogP contribution in [0.4, 0.5) is 11.4 Å². The zero-order chi connectivity index (χ0) is 9.26. The molecule has 0 saturated heterocycles. The van der Waals surface area contributed by atoms with Crippen LogP contribution in [-0.2, 0) is 0 Å². The van der Waals surface area contributed by atoms with Crippen molar-refractivity contribution in [2.45, 2.75) is 6.92 Å². The Morgan fingerprint density at radius 2 is 2.08 bits per heavy atom. The topological polar surface area (TPSA) is 24.1 Å². The molecule has 2 nitrogen and oxygen atoms in total. The third-order valence-electron chi connectivity index (χ3n) is 2.28. The van der Waals surface area contributed by atoms with E-state index in [1.165, 1.54) is 11.4 Å². The van der Waals surface area contributed by atoms with Gasteiger partial charge in [0.2, 0.25) is 0 Å². The zero-order valence-corrected chi connectivity index (χ0v) is 9.19. The Kier molecular flexibility index (Phi) is 2.44. The number of anilines is 2. The number of hydrogen-bond acceptors (Lipinski definition) is 2. The summed E-state index contributed by atoms with van der Waals surface area (Å²) in [4.78, 5) is 0. The van der Waals surface area contributed by atoms with Crippen molar-refractivity contribution in [3.8, 4) is 0 Å². The number of halogens is 1. The van der Waals surface area contributed by atoms with E-state index >= 15 is 0 Å². The van der Waals surface area contributed by atoms with Gasteiger partial charge in [-0.2, -0.15) is 0 Å². The van der Waals surface area contributed by atoms with Crippen LogP contribution in [0.2, 0.25) is 0 Å². The lowest BCUT2D eigenvalue weighted by molar-refractivity contribution is 0.657. The minimum Gasteiger partial charge on any atom is -0.383 e. The predicted molar refractivity (Wildman–Crippen MR) is 60.3 cm³/mol. The summed E-state index contributed by atoms with van der Waals surface area (Å²) in [5, 5.41) is 6.86. The first-order valence-electron chi connectivity index (χ1n) is 4.53. The molecule has 1 aromatic rings. The van der Waals surface area contributed by atoms with Crippen LogP contribution in [0.25, 0.3) is 0 Å². The Labute approximate surface area is 86.9 Å². The van der Waals surface area contributed by atoms with E-state index < -0.39 is 0 Å². The summed E-state index contributed by atoms with van der Waals surface area (Å²) in [5.41, 5.74) is 2.38. The monoisotopic (exact) mass is 240 g/mol. The Balaban J connectivity index is 2.35. The maximum absolute atomic E-state index is 3.53. The highest BCUT2D eigenvalue weighted by molar-refractivity contribution is 9.10. The van der Waals surface area contributed by atoms with Gasteiger partial charge in [0.25, 0.3) is 0 Å². The second-order valence-electron chi connectivity index (χ2n) is 3.53. The lowest BCUT2D eigenvalue weighted by Crippen LogP contribution is -2.14. The fourth-order valence-electron chi connectivity index (χ4n) is 1.48. The molecule has 0 saturated carbocycles. The van der Waals surface area contributed by atoms with Crippen LogP contribution < -0.4 is 10.6 Å². The van der Waals surface area contributed by atoms with E-state index in [1.807, 2.05) is 6.07 Å². The summed E-state index contributed by atoms with van der Waals surface area (Å²) >= 11 is 3.53. The molecule has 2 N–H and O–H groups in total. The van der Waals surface area contributed by atoms with Gasteiger partial charge in [0.15, 0.2) is 0 Å². The summed E-state index contributed by atoms with van der Waals surface area (Å²) in [6.07, 6.45) is 0. The molecule has 1 heterocycles. The minimum absolute atomic E-state index is 0.666. The first kappa shape index (κ1) is 8.88. The lowest BCUT2D eigenvalue weighted by atomic mass is 10.2. The molecule has 2 rings (SSSR count). The van der Waals surface area contributed by atoms with Crippen molar-refractivity contribution in [2.24, 2.45) is 5.92 Å². The number of para-hydroxylation sites is 1. The SMILES string of the molecule is CC1CNc2cccc(Br)c2NC1. The number of hydrogen-bond donors (Lipinski definition) is 2. The van der Waals surface area contributed by atoms with Gasteiger partial charge in [0.1, 0.15) is 0 Å². The molecule has 0 radical (unpaired) electrons. The van der Waals surface area contributed by atoms with E-state index in [9.17, 15) is 0 Å². The highest BCUT2D eigenvalue weighted by Gasteiger charge is 2.12. The fourth-order valence-corrected chi connectivity index (χ4v) is 1.99. The van der Waals surface area contributed by atoms with Crippen molar-refractivity contribution in [1.82, 2.24) is 0 Å². The van der Waals surface area contributed by atoms with E-state index in [4.69, 9.17) is 0 Å². The van der Waals surface area contributed by atoms with Crippen molar-refractivity contribution in [2.75, 3.05) is 23.7 Å². The predicted octanol–water partition coefficient (Wildman–Crippen LogP) is 2.92. The standard InChI is InChI=1S/C10H13BrN2/c1-7-5-12-9-4-2-3-8(11)10(9)13-6-7/h2-4,7,12-13H,5-6H2,1H3. The van der Waals surface area contributed by atoms with Crippen molar-refractivity contribution in [3.63, 3.8) is 0 Å². The lowest BCUT2D eigenvalue weighted by Gasteiger charge is -2.09. The third-order valence-corrected chi connectivity index (χ3v) is 2.94. The number of rotatable bonds is 0. The average molecular weight is 241 g/mol. The zero-order valence-electron chi connectivity index (χ0n) is 7.60. The van der Waals surface area contributed by atoms with E-state index in [0.29, 0.717) is 5.92 Å². The highest BCUT2D eigenvalue weighted by Crippen LogP contribution is 2.32. The van der Waals surface area contributed by atoms with Gasteiger partial charge in [-0.3, -0.25) is 0 Å². The van der Waals surface area contributed by atoms with E-state index in [-0.39, 0.29) is 0 Å². The van der Waals surface area contributed by atoms with E-state index in [2.05, 4.69) is 45.6 Å². The molecule has 1 aliphatic heterocycles. The molecule has 0 bridgehead atoms. The molecule has 3 heteroatoms. The van der Waals surface area contributed by atoms with E-state index in [1.54, 1.807) is 0 Å². The van der Waals surface area contributed by atoms with Crippen LogP contribution in [0.5, 0.6) is 0 Å². The molecule has 0 spiro atoms. The largest absolute Gasteiger partial charge is 0.383 e. The molecule has 1 aliphatic rings. The molecule has 1 unspecified atom stereocenters. The molecule has 0 amide bonds. The van der Waals surface area contributed by atoms with Crippen LogP contribution in [0.3, 0.4) is 0 Å². The van der Waals surface area contributed by atoms with Crippen LogP contribution in [0, 0.1) is 5.92 Å². The number of nitrogens with one attached hydrogen (secondary N) is 2. The van der Waals surface area contributed by atoms with Crippen LogP contribution in [-0.4, -0.2) is 13.1 Å². The Morgan fingerprint density at radius 1 is 1.31 bits per heavy atom. The molecule has 1 aromatic carbocycles. The molecule has 70 valence electrons. The van der Waals surface area contributed by atoms with E-state index in [0.717, 1.165) is 17.6 Å². The summed E-state index contributed by atoms with van der Waals surface area (Å²) in [6.45, 7) is 4.30. The van der Waals surface area contributed by atoms with Crippen LogP contribution in [0.1, 0.15) is 6.92 Å². The van der Waals surface area contributed by atoms with Gasteiger partial charge in [0.05, 0.1) is 11.4 Å². The van der Waals surface area contributed by atoms with Crippen LogP contribution >= 0.6 is 15.9 Å². The summed E-state index contributed by atoms with van der Waals surface area (Å²) < 4.78 is 1.13. The Hall–Kier alpha value is -0.700. The van der Waals surface area contributed by atoms with Crippen molar-refractivity contribution in [3.05, 3.63) is 22.7 Å². The molecule has 0 fully saturated rings. The molecule has 1 atom stereocenters. The maximum Gasteiger partial charge on any atom is 0.0720 e. The first-order chi connectivity index (χ1) is 6.27. The minimum atomic E-state index is 0.666. The second-order valence-corrected chi connectivity index (χ2v) is 4.38. The number of fused-ring (bicyclic) bond motifs is 1. The van der Waals surface area contributed by atoms with Gasteiger partial charge in [-0.1, -0.05) is 13.0 Å². The molecule has 13 heavy (non-hydrogen) atoms.